The van der Waals surface area contributed by atoms with Gasteiger partial charge in [0.25, 0.3) is 0 Å². The highest BCUT2D eigenvalue weighted by molar-refractivity contribution is 7.41. The van der Waals surface area contributed by atoms with E-state index in [2.05, 4.69) is 13.8 Å². The van der Waals surface area contributed by atoms with E-state index in [1.807, 2.05) is 0 Å². The molecule has 0 radical (unpaired) electrons. The second-order valence-corrected chi connectivity index (χ2v) is 17.7. The van der Waals surface area contributed by atoms with Crippen LogP contribution in [0.4, 0.5) is 0 Å². The van der Waals surface area contributed by atoms with Crippen LogP contribution in [-0.4, -0.2) is 66.9 Å². The van der Waals surface area contributed by atoms with Crippen LogP contribution in [0.25, 0.3) is 0 Å². The van der Waals surface area contributed by atoms with Crippen LogP contribution in [0.2, 0.25) is 0 Å². The molecule has 8 nitrogen and oxygen atoms in total. The fraction of sp³-hybridized carbons (Fsp3) is 0.879. The van der Waals surface area contributed by atoms with Crippen LogP contribution < -0.4 is 0 Å². The van der Waals surface area contributed by atoms with Gasteiger partial charge in [0.2, 0.25) is 0 Å². The Morgan fingerprint density at radius 3 is 0.953 bits per heavy atom. The van der Waals surface area contributed by atoms with Gasteiger partial charge in [-0.25, -0.2) is 0 Å². The van der Waals surface area contributed by atoms with E-state index in [9.17, 15) is 39.6 Å². The first-order valence-corrected chi connectivity index (χ1v) is 19.3. The molecule has 43 heavy (non-hydrogen) atoms. The molecule has 4 aliphatic carbocycles. The van der Waals surface area contributed by atoms with Crippen LogP contribution >= 0.6 is 17.2 Å². The second kappa shape index (κ2) is 14.9. The summed E-state index contributed by atoms with van der Waals surface area (Å²) in [7, 11) is 1.37. The monoisotopic (exact) mass is 640 g/mol. The molecule has 4 rings (SSSR count). The minimum absolute atomic E-state index is 0.0136. The van der Waals surface area contributed by atoms with E-state index >= 15 is 0 Å². The highest BCUT2D eigenvalue weighted by Crippen LogP contribution is 2.60. The Balaban J connectivity index is 1.45. The Morgan fingerprint density at radius 2 is 0.767 bits per heavy atom. The summed E-state index contributed by atoms with van der Waals surface area (Å²) in [5, 5.41) is 38.9. The van der Waals surface area contributed by atoms with E-state index in [0.29, 0.717) is 66.5 Å². The van der Waals surface area contributed by atoms with Gasteiger partial charge < -0.3 is 20.4 Å². The molecule has 4 aliphatic rings. The average molecular weight is 641 g/mol. The van der Waals surface area contributed by atoms with Crippen molar-refractivity contribution in [3.8, 4) is 0 Å². The maximum atomic E-state index is 11.8. The van der Waals surface area contributed by atoms with E-state index in [0.717, 1.165) is 83.0 Å². The number of hydrogen-bond acceptors (Lipinski definition) is 4. The first kappa shape index (κ1) is 34.6. The molecule has 0 aromatic carbocycles. The average Bonchev–Trinajstić information content (AvgIpc) is 3.80. The second-order valence-electron chi connectivity index (χ2n) is 14.2. The van der Waals surface area contributed by atoms with Crippen LogP contribution in [0.15, 0.2) is 0 Å². The molecule has 4 N–H and O–H groups in total. The van der Waals surface area contributed by atoms with Crippen molar-refractivity contribution >= 4 is 41.0 Å². The van der Waals surface area contributed by atoms with Crippen molar-refractivity contribution < 1.29 is 39.6 Å². The van der Waals surface area contributed by atoms with Crippen LogP contribution in [0.3, 0.4) is 0 Å². The van der Waals surface area contributed by atoms with Gasteiger partial charge in [0.15, 0.2) is 0 Å². The lowest BCUT2D eigenvalue weighted by atomic mass is 9.76. The number of carbonyl (C=O) groups is 4. The third-order valence-electron chi connectivity index (χ3n) is 12.5. The van der Waals surface area contributed by atoms with Gasteiger partial charge in [0.1, 0.15) is 0 Å². The fourth-order valence-electron chi connectivity index (χ4n) is 10.1. The molecule has 4 saturated carbocycles. The van der Waals surface area contributed by atoms with Gasteiger partial charge in [0.05, 0.1) is 23.7 Å². The van der Waals surface area contributed by atoms with Crippen molar-refractivity contribution in [2.45, 2.75) is 120 Å². The molecule has 0 aromatic rings. The maximum absolute atomic E-state index is 11.8. The predicted molar refractivity (Wildman–Crippen MR) is 171 cm³/mol. The van der Waals surface area contributed by atoms with Gasteiger partial charge in [-0.1, -0.05) is 13.8 Å². The molecule has 10 atom stereocenters. The van der Waals surface area contributed by atoms with Crippen LogP contribution in [-0.2, 0) is 19.2 Å². The Morgan fingerprint density at radius 1 is 0.512 bits per heavy atom. The SMILES string of the molecule is CCC(PCCCPC(CC)(C1CCC(C(=O)O)C1)C1CCC(C(=O)O)C1)(C1CCC(C(=O)O)C1)C1CCC(C(=O)O)C1. The number of hydrogen-bond donors (Lipinski definition) is 4. The molecule has 0 heterocycles. The number of carboxylic acids is 4. The minimum Gasteiger partial charge on any atom is -0.481 e. The van der Waals surface area contributed by atoms with E-state index in [4.69, 9.17) is 0 Å². The van der Waals surface area contributed by atoms with Crippen molar-refractivity contribution in [1.82, 2.24) is 0 Å². The molecule has 10 heteroatoms. The summed E-state index contributed by atoms with van der Waals surface area (Å²) in [5.74, 6) is -2.58. The van der Waals surface area contributed by atoms with Crippen LogP contribution in [0, 0.1) is 47.3 Å². The maximum Gasteiger partial charge on any atom is 0.306 e. The van der Waals surface area contributed by atoms with Crippen molar-refractivity contribution in [2.75, 3.05) is 12.3 Å². The molecule has 10 unspecified atom stereocenters. The minimum atomic E-state index is -0.697. The lowest BCUT2D eigenvalue weighted by molar-refractivity contribution is -0.142. The summed E-state index contributed by atoms with van der Waals surface area (Å²) in [6.07, 6.45) is 14.6. The summed E-state index contributed by atoms with van der Waals surface area (Å²) in [6.45, 7) is 4.47. The lowest BCUT2D eigenvalue weighted by Gasteiger charge is -2.45. The zero-order chi connectivity index (χ0) is 31.4. The highest BCUT2D eigenvalue weighted by atomic mass is 31.1. The third kappa shape index (κ3) is 7.43. The zero-order valence-corrected chi connectivity index (χ0v) is 28.1. The molecule has 244 valence electrons. The number of rotatable bonds is 16. The topological polar surface area (TPSA) is 149 Å². The predicted octanol–water partition coefficient (Wildman–Crippen LogP) is 7.03. The van der Waals surface area contributed by atoms with E-state index < -0.39 is 23.9 Å². The standard InChI is InChI=1S/C33H54O8P2/c1-3-32(24-10-6-20(16-24)28(34)35,25-11-7-21(17-25)29(36)37)42-14-5-15-43-33(4-2,26-12-8-22(18-26)30(38)39)27-13-9-23(19-27)31(40)41/h20-27,42-43H,3-19H2,1-2H3,(H,34,35)(H,36,37)(H,38,39)(H,40,41). The largest absolute Gasteiger partial charge is 0.481 e. The molecule has 0 bridgehead atoms. The first-order chi connectivity index (χ1) is 20.5. The summed E-state index contributed by atoms with van der Waals surface area (Å²) < 4.78 is 0. The van der Waals surface area contributed by atoms with E-state index in [-0.39, 0.29) is 34.0 Å². The van der Waals surface area contributed by atoms with Gasteiger partial charge >= 0.3 is 23.9 Å². The molecule has 0 aliphatic heterocycles. The summed E-state index contributed by atoms with van der Waals surface area (Å²) in [4.78, 5) is 47.4. The van der Waals surface area contributed by atoms with Crippen LogP contribution in [0.5, 0.6) is 0 Å². The van der Waals surface area contributed by atoms with Crippen molar-refractivity contribution in [3.05, 3.63) is 0 Å². The summed E-state index contributed by atoms with van der Waals surface area (Å²) in [6, 6.07) is 0. The molecule has 0 spiro atoms. The van der Waals surface area contributed by atoms with Gasteiger partial charge in [-0.05, 0) is 143 Å². The smallest absolute Gasteiger partial charge is 0.306 e. The lowest BCUT2D eigenvalue weighted by Crippen LogP contribution is -2.40. The quantitative estimate of drug-likeness (QED) is 0.104. The highest BCUT2D eigenvalue weighted by Gasteiger charge is 2.52. The van der Waals surface area contributed by atoms with E-state index in [1.165, 1.54) is 0 Å². The molecule has 4 fully saturated rings. The van der Waals surface area contributed by atoms with Crippen molar-refractivity contribution in [1.29, 1.82) is 0 Å². The molecular weight excluding hydrogens is 586 g/mol. The molecule has 0 aromatic heterocycles. The Kier molecular flexibility index (Phi) is 12.0. The Hall–Kier alpha value is -1.26. The Labute approximate surface area is 260 Å². The van der Waals surface area contributed by atoms with Gasteiger partial charge in [-0.3, -0.25) is 19.2 Å². The van der Waals surface area contributed by atoms with Crippen molar-refractivity contribution in [3.63, 3.8) is 0 Å². The van der Waals surface area contributed by atoms with Gasteiger partial charge in [0, 0.05) is 0 Å². The van der Waals surface area contributed by atoms with E-state index in [1.54, 1.807) is 0 Å². The molecular formula is C33H54O8P2. The van der Waals surface area contributed by atoms with Crippen LogP contribution in [0.1, 0.15) is 110 Å². The molecule has 0 saturated heterocycles. The number of aliphatic carboxylic acids is 4. The van der Waals surface area contributed by atoms with Crippen molar-refractivity contribution in [2.24, 2.45) is 47.3 Å². The third-order valence-corrected chi connectivity index (χ3v) is 17.3. The molecule has 0 amide bonds. The zero-order valence-electron chi connectivity index (χ0n) is 26.1. The van der Waals surface area contributed by atoms with Gasteiger partial charge in [-0.15, -0.1) is 17.2 Å². The Bertz CT molecular complexity index is 875. The number of carboxylic acid groups (broad SMARTS) is 4. The first-order valence-electron chi connectivity index (χ1n) is 16.9. The summed E-state index contributed by atoms with van der Waals surface area (Å²) >= 11 is 0. The van der Waals surface area contributed by atoms with Gasteiger partial charge in [-0.2, -0.15) is 0 Å². The summed E-state index contributed by atoms with van der Waals surface area (Å²) in [5.41, 5.74) is 0. The normalized spacial score (nSPS) is 36.0. The fourth-order valence-corrected chi connectivity index (χ4v) is 14.8.